The quantitative estimate of drug-likeness (QED) is 0.361. The van der Waals surface area contributed by atoms with Crippen LogP contribution in [0, 0.1) is 6.92 Å². The minimum atomic E-state index is -0.0260. The van der Waals surface area contributed by atoms with Gasteiger partial charge in [-0.05, 0) is 58.1 Å². The van der Waals surface area contributed by atoms with Crippen molar-refractivity contribution < 1.29 is 9.21 Å². The van der Waals surface area contributed by atoms with Gasteiger partial charge in [-0.2, -0.15) is 0 Å². The standard InChI is InChI=1S/C26H20ClN3O2/c1-16-28-29-26(32-16)24-6-4-3-5-23(24)19-9-7-18-8-10-20-14-22(27)11-12-25(20)30(17(2)31)15-21(18)13-19/h3-14H,15H2,1-2H3. The topological polar surface area (TPSA) is 59.2 Å². The van der Waals surface area contributed by atoms with E-state index in [1.165, 1.54) is 0 Å². The number of carbonyl (C=O) groups excluding carboxylic acids is 1. The summed E-state index contributed by atoms with van der Waals surface area (Å²) < 4.78 is 5.68. The first-order valence-electron chi connectivity index (χ1n) is 10.3. The number of hydrogen-bond acceptors (Lipinski definition) is 4. The monoisotopic (exact) mass is 441 g/mol. The fraction of sp³-hybridized carbons (Fsp3) is 0.115. The van der Waals surface area contributed by atoms with Gasteiger partial charge in [-0.3, -0.25) is 4.79 Å². The van der Waals surface area contributed by atoms with Crippen molar-refractivity contribution in [1.29, 1.82) is 0 Å². The van der Waals surface area contributed by atoms with Crippen LogP contribution in [-0.2, 0) is 11.3 Å². The summed E-state index contributed by atoms with van der Waals surface area (Å²) >= 11 is 6.20. The van der Waals surface area contributed by atoms with Gasteiger partial charge < -0.3 is 9.32 Å². The van der Waals surface area contributed by atoms with Crippen LogP contribution in [0.3, 0.4) is 0 Å². The number of aryl methyl sites for hydroxylation is 1. The molecule has 1 amide bonds. The van der Waals surface area contributed by atoms with Crippen molar-refractivity contribution >= 4 is 35.3 Å². The number of amides is 1. The Morgan fingerprint density at radius 1 is 0.969 bits per heavy atom. The molecule has 0 spiro atoms. The molecule has 0 atom stereocenters. The number of aromatic nitrogens is 2. The normalized spacial score (nSPS) is 12.7. The second kappa shape index (κ2) is 8.09. The summed E-state index contributed by atoms with van der Waals surface area (Å²) in [5, 5.41) is 8.80. The Hall–Kier alpha value is -3.70. The van der Waals surface area contributed by atoms with E-state index in [1.807, 2.05) is 48.5 Å². The van der Waals surface area contributed by atoms with Crippen molar-refractivity contribution in [3.63, 3.8) is 0 Å². The molecule has 0 bridgehead atoms. The first kappa shape index (κ1) is 20.2. The third-order valence-corrected chi connectivity index (χ3v) is 5.80. The lowest BCUT2D eigenvalue weighted by molar-refractivity contribution is -0.116. The number of anilines is 1. The van der Waals surface area contributed by atoms with Crippen LogP contribution >= 0.6 is 11.6 Å². The van der Waals surface area contributed by atoms with Gasteiger partial charge in [0, 0.05) is 24.4 Å². The van der Waals surface area contributed by atoms with E-state index < -0.39 is 0 Å². The van der Waals surface area contributed by atoms with Crippen LogP contribution in [0.2, 0.25) is 5.02 Å². The van der Waals surface area contributed by atoms with Crippen molar-refractivity contribution in [2.75, 3.05) is 4.90 Å². The van der Waals surface area contributed by atoms with E-state index in [-0.39, 0.29) is 5.91 Å². The summed E-state index contributed by atoms with van der Waals surface area (Å²) in [5.41, 5.74) is 6.74. The number of hydrogen-bond donors (Lipinski definition) is 0. The SMILES string of the molecule is CC(=O)N1Cc2cc(-c3ccccc3-c3nnc(C)o3)ccc2C=Cc2cc(Cl)ccc21. The molecule has 32 heavy (non-hydrogen) atoms. The van der Waals surface area contributed by atoms with Crippen molar-refractivity contribution in [3.05, 3.63) is 88.3 Å². The number of carbonyl (C=O) groups is 1. The molecule has 0 N–H and O–H groups in total. The van der Waals surface area contributed by atoms with Crippen molar-refractivity contribution in [2.45, 2.75) is 20.4 Å². The van der Waals surface area contributed by atoms with E-state index in [9.17, 15) is 4.79 Å². The van der Waals surface area contributed by atoms with Crippen molar-refractivity contribution in [3.8, 4) is 22.6 Å². The Kier molecular flexibility index (Phi) is 5.11. The highest BCUT2D eigenvalue weighted by Crippen LogP contribution is 2.35. The second-order valence-electron chi connectivity index (χ2n) is 7.73. The first-order valence-corrected chi connectivity index (χ1v) is 10.7. The molecule has 0 aliphatic carbocycles. The molecule has 5 nitrogen and oxygen atoms in total. The number of benzene rings is 3. The highest BCUT2D eigenvalue weighted by atomic mass is 35.5. The van der Waals surface area contributed by atoms with E-state index in [0.29, 0.717) is 23.3 Å². The molecule has 0 saturated heterocycles. The zero-order valence-electron chi connectivity index (χ0n) is 17.7. The minimum Gasteiger partial charge on any atom is -0.421 e. The number of fused-ring (bicyclic) bond motifs is 2. The van der Waals surface area contributed by atoms with Gasteiger partial charge in [-0.15, -0.1) is 10.2 Å². The van der Waals surface area contributed by atoms with Crippen molar-refractivity contribution in [1.82, 2.24) is 10.2 Å². The molecule has 4 aromatic rings. The maximum absolute atomic E-state index is 12.6. The van der Waals surface area contributed by atoms with E-state index in [2.05, 4.69) is 34.5 Å². The van der Waals surface area contributed by atoms with E-state index in [0.717, 1.165) is 39.1 Å². The van der Waals surface area contributed by atoms with Crippen LogP contribution in [-0.4, -0.2) is 16.1 Å². The maximum atomic E-state index is 12.6. The Morgan fingerprint density at radius 3 is 2.50 bits per heavy atom. The van der Waals surface area contributed by atoms with Crippen LogP contribution in [0.25, 0.3) is 34.7 Å². The molecule has 1 aromatic heterocycles. The second-order valence-corrected chi connectivity index (χ2v) is 8.16. The summed E-state index contributed by atoms with van der Waals surface area (Å²) in [7, 11) is 0. The van der Waals surface area contributed by atoms with Crippen LogP contribution in [0.4, 0.5) is 5.69 Å². The fourth-order valence-corrected chi connectivity index (χ4v) is 4.20. The Balaban J connectivity index is 1.63. The van der Waals surface area contributed by atoms with Crippen LogP contribution < -0.4 is 4.90 Å². The summed E-state index contributed by atoms with van der Waals surface area (Å²) in [6.07, 6.45) is 4.07. The Morgan fingerprint density at radius 2 is 1.75 bits per heavy atom. The lowest BCUT2D eigenvalue weighted by Crippen LogP contribution is -2.29. The molecule has 1 aliphatic rings. The third-order valence-electron chi connectivity index (χ3n) is 5.57. The minimum absolute atomic E-state index is 0.0260. The van der Waals surface area contributed by atoms with E-state index in [1.54, 1.807) is 18.7 Å². The molecule has 158 valence electrons. The molecular weight excluding hydrogens is 422 g/mol. The van der Waals surface area contributed by atoms with Gasteiger partial charge in [-0.25, -0.2) is 0 Å². The molecule has 0 unspecified atom stereocenters. The molecule has 5 rings (SSSR count). The molecule has 0 saturated carbocycles. The summed E-state index contributed by atoms with van der Waals surface area (Å²) in [4.78, 5) is 14.3. The largest absolute Gasteiger partial charge is 0.421 e. The lowest BCUT2D eigenvalue weighted by atomic mass is 9.94. The predicted molar refractivity (Wildman–Crippen MR) is 127 cm³/mol. The number of halogens is 1. The molecule has 0 radical (unpaired) electrons. The van der Waals surface area contributed by atoms with Crippen LogP contribution in [0.1, 0.15) is 29.5 Å². The highest BCUT2D eigenvalue weighted by Gasteiger charge is 2.20. The van der Waals surface area contributed by atoms with Crippen molar-refractivity contribution in [2.24, 2.45) is 0 Å². The predicted octanol–water partition coefficient (Wildman–Crippen LogP) is 6.40. The number of nitrogens with zero attached hydrogens (tertiary/aromatic N) is 3. The van der Waals surface area contributed by atoms with E-state index >= 15 is 0 Å². The molecule has 2 heterocycles. The zero-order chi connectivity index (χ0) is 22.2. The lowest BCUT2D eigenvalue weighted by Gasteiger charge is -2.26. The summed E-state index contributed by atoms with van der Waals surface area (Å²) in [6.45, 7) is 3.82. The van der Waals surface area contributed by atoms with Gasteiger partial charge in [0.1, 0.15) is 0 Å². The van der Waals surface area contributed by atoms with Crippen LogP contribution in [0.5, 0.6) is 0 Å². The highest BCUT2D eigenvalue weighted by molar-refractivity contribution is 6.30. The molecule has 6 heteroatoms. The van der Waals surface area contributed by atoms with Crippen LogP contribution in [0.15, 0.2) is 65.1 Å². The smallest absolute Gasteiger partial charge is 0.248 e. The maximum Gasteiger partial charge on any atom is 0.248 e. The van der Waals surface area contributed by atoms with Gasteiger partial charge in [0.2, 0.25) is 17.7 Å². The molecule has 0 fully saturated rings. The van der Waals surface area contributed by atoms with Gasteiger partial charge >= 0.3 is 0 Å². The average molecular weight is 442 g/mol. The summed E-state index contributed by atoms with van der Waals surface area (Å²) in [5.74, 6) is 0.983. The van der Waals surface area contributed by atoms with E-state index in [4.69, 9.17) is 16.0 Å². The third kappa shape index (κ3) is 3.72. The Labute approximate surface area is 191 Å². The molecule has 3 aromatic carbocycles. The Bertz CT molecular complexity index is 1370. The number of rotatable bonds is 2. The molecule has 1 aliphatic heterocycles. The van der Waals surface area contributed by atoms with Gasteiger partial charge in [-0.1, -0.05) is 54.1 Å². The molecular formula is C26H20ClN3O2. The summed E-state index contributed by atoms with van der Waals surface area (Å²) in [6, 6.07) is 19.8. The average Bonchev–Trinajstić information content (AvgIpc) is 3.21. The van der Waals surface area contributed by atoms with Gasteiger partial charge in [0.15, 0.2) is 0 Å². The fourth-order valence-electron chi connectivity index (χ4n) is 4.02. The van der Waals surface area contributed by atoms with Gasteiger partial charge in [0.25, 0.3) is 0 Å². The zero-order valence-corrected chi connectivity index (χ0v) is 18.4. The first-order chi connectivity index (χ1) is 15.5. The van der Waals surface area contributed by atoms with Gasteiger partial charge in [0.05, 0.1) is 12.2 Å².